The molecule has 0 spiro atoms. The van der Waals surface area contributed by atoms with E-state index in [1.807, 2.05) is 4.98 Å². The first-order valence-corrected chi connectivity index (χ1v) is 10.3. The third kappa shape index (κ3) is 4.38. The lowest BCUT2D eigenvalue weighted by Crippen LogP contribution is -2.36. The van der Waals surface area contributed by atoms with Crippen molar-refractivity contribution in [1.82, 2.24) is 9.55 Å². The lowest BCUT2D eigenvalue weighted by atomic mass is 9.89. The number of fused-ring (bicyclic) bond motifs is 1. The van der Waals surface area contributed by atoms with Crippen molar-refractivity contribution in [2.24, 2.45) is 0 Å². The first kappa shape index (κ1) is 21.9. The van der Waals surface area contributed by atoms with Crippen LogP contribution in [0.25, 0.3) is 11.0 Å². The molecule has 1 unspecified atom stereocenters. The highest BCUT2D eigenvalue weighted by molar-refractivity contribution is 7.50. The molecule has 30 heavy (non-hydrogen) atoms. The zero-order chi connectivity index (χ0) is 22.4. The summed E-state index contributed by atoms with van der Waals surface area (Å²) in [4.78, 5) is 44.4. The van der Waals surface area contributed by atoms with Gasteiger partial charge < -0.3 is 14.8 Å². The summed E-state index contributed by atoms with van der Waals surface area (Å²) in [5.41, 5.74) is -4.39. The van der Waals surface area contributed by atoms with E-state index < -0.39 is 54.0 Å². The van der Waals surface area contributed by atoms with E-state index in [1.165, 1.54) is 19.1 Å². The van der Waals surface area contributed by atoms with Crippen LogP contribution in [0.1, 0.15) is 29.5 Å². The summed E-state index contributed by atoms with van der Waals surface area (Å²) >= 11 is 0. The number of hydrogen-bond acceptors (Lipinski definition) is 3. The van der Waals surface area contributed by atoms with Gasteiger partial charge in [0.15, 0.2) is 0 Å². The highest BCUT2D eigenvalue weighted by Crippen LogP contribution is 2.40. The number of aromatic amines is 1. The molecule has 0 fully saturated rings. The average Bonchev–Trinajstić information content (AvgIpc) is 2.63. The van der Waals surface area contributed by atoms with Crippen molar-refractivity contribution in [2.45, 2.75) is 25.3 Å². The summed E-state index contributed by atoms with van der Waals surface area (Å²) in [6, 6.07) is 6.35. The number of aromatic nitrogens is 2. The molecule has 160 valence electrons. The number of rotatable bonds is 4. The number of H-pyrrole nitrogens is 1. The van der Waals surface area contributed by atoms with Gasteiger partial charge in [0.25, 0.3) is 0 Å². The minimum Gasteiger partial charge on any atom is -0.323 e. The van der Waals surface area contributed by atoms with Crippen LogP contribution in [0.2, 0.25) is 0 Å². The molecule has 0 amide bonds. The fourth-order valence-corrected chi connectivity index (χ4v) is 3.84. The van der Waals surface area contributed by atoms with Gasteiger partial charge in [-0.2, -0.15) is 13.2 Å². The molecule has 3 rings (SSSR count). The molecule has 0 saturated carbocycles. The van der Waals surface area contributed by atoms with E-state index in [-0.39, 0.29) is 11.1 Å². The van der Waals surface area contributed by atoms with Gasteiger partial charge in [0.2, 0.25) is 0 Å². The van der Waals surface area contributed by atoms with Gasteiger partial charge in [0, 0.05) is 5.92 Å². The Morgan fingerprint density at radius 1 is 1.13 bits per heavy atom. The van der Waals surface area contributed by atoms with Crippen LogP contribution in [-0.4, -0.2) is 19.3 Å². The number of hydrogen-bond donors (Lipinski definition) is 3. The Morgan fingerprint density at radius 3 is 2.27 bits per heavy atom. The maximum absolute atomic E-state index is 13.7. The topological polar surface area (TPSA) is 112 Å². The van der Waals surface area contributed by atoms with Crippen molar-refractivity contribution in [1.29, 1.82) is 0 Å². The van der Waals surface area contributed by atoms with Crippen molar-refractivity contribution in [2.75, 3.05) is 0 Å². The molecule has 0 aliphatic carbocycles. The molecule has 1 heterocycles. The van der Waals surface area contributed by atoms with E-state index >= 15 is 0 Å². The lowest BCUT2D eigenvalue weighted by Gasteiger charge is -2.21. The lowest BCUT2D eigenvalue weighted by molar-refractivity contribution is -0.138. The first-order chi connectivity index (χ1) is 13.8. The van der Waals surface area contributed by atoms with Gasteiger partial charge in [0.05, 0.1) is 16.6 Å². The van der Waals surface area contributed by atoms with Crippen molar-refractivity contribution in [3.63, 3.8) is 0 Å². The predicted octanol–water partition coefficient (Wildman–Crippen LogP) is 3.13. The van der Waals surface area contributed by atoms with Crippen LogP contribution in [0.3, 0.4) is 0 Å². The van der Waals surface area contributed by atoms with Crippen LogP contribution in [0.5, 0.6) is 0 Å². The van der Waals surface area contributed by atoms with Gasteiger partial charge in [-0.1, -0.05) is 19.1 Å². The second-order valence-electron chi connectivity index (χ2n) is 6.72. The molecule has 3 aromatic rings. The number of benzene rings is 2. The highest BCUT2D eigenvalue weighted by atomic mass is 31.2. The standard InChI is InChI=1S/C18H15F4N2O5P/c1-9(10-2-4-11(19)5-3-10)12-6-15-14(7-13(12)18(20,21)22)23-16(25)17(26)24(15)8-30(27,28)29/h2-7,9H,8H2,1H3,(H,23,25)(H2,27,28,29). The van der Waals surface area contributed by atoms with Crippen molar-refractivity contribution in [3.8, 4) is 0 Å². The molecule has 1 atom stereocenters. The highest BCUT2D eigenvalue weighted by Gasteiger charge is 2.36. The van der Waals surface area contributed by atoms with E-state index in [4.69, 9.17) is 0 Å². The molecule has 1 aromatic heterocycles. The Kier molecular flexibility index (Phi) is 5.48. The summed E-state index contributed by atoms with van der Waals surface area (Å²) in [6.07, 6.45) is -6.01. The summed E-state index contributed by atoms with van der Waals surface area (Å²) in [7, 11) is -4.84. The zero-order valence-corrected chi connectivity index (χ0v) is 16.2. The molecule has 0 saturated heterocycles. The Bertz CT molecular complexity index is 1280. The van der Waals surface area contributed by atoms with Crippen LogP contribution in [0, 0.1) is 5.82 Å². The Balaban J connectivity index is 2.37. The fourth-order valence-electron chi connectivity index (χ4n) is 3.19. The second kappa shape index (κ2) is 7.50. The molecule has 2 aromatic carbocycles. The molecule has 3 N–H and O–H groups in total. The van der Waals surface area contributed by atoms with Crippen molar-refractivity contribution < 1.29 is 31.9 Å². The largest absolute Gasteiger partial charge is 0.416 e. The van der Waals surface area contributed by atoms with Crippen molar-refractivity contribution >= 4 is 18.6 Å². The van der Waals surface area contributed by atoms with E-state index in [9.17, 15) is 41.5 Å². The summed E-state index contributed by atoms with van der Waals surface area (Å²) in [5, 5.41) is 0. The normalized spacial score (nSPS) is 13.6. The van der Waals surface area contributed by atoms with E-state index in [0.29, 0.717) is 16.2 Å². The van der Waals surface area contributed by atoms with Crippen LogP contribution < -0.4 is 11.1 Å². The first-order valence-electron chi connectivity index (χ1n) is 8.46. The van der Waals surface area contributed by atoms with Gasteiger partial charge in [-0.15, -0.1) is 0 Å². The second-order valence-corrected chi connectivity index (χ2v) is 8.33. The van der Waals surface area contributed by atoms with Crippen LogP contribution in [0.15, 0.2) is 46.0 Å². The van der Waals surface area contributed by atoms with Crippen LogP contribution in [-0.2, 0) is 17.0 Å². The van der Waals surface area contributed by atoms with Gasteiger partial charge in [-0.25, -0.2) is 4.39 Å². The van der Waals surface area contributed by atoms with E-state index in [1.54, 1.807) is 0 Å². The molecule has 0 bridgehead atoms. The molecule has 12 heteroatoms. The molecular formula is C18H15F4N2O5P. The summed E-state index contributed by atoms with van der Waals surface area (Å²) in [6.45, 7) is 1.43. The van der Waals surface area contributed by atoms with Crippen LogP contribution in [0.4, 0.5) is 17.6 Å². The van der Waals surface area contributed by atoms with E-state index in [2.05, 4.69) is 0 Å². The number of alkyl halides is 3. The van der Waals surface area contributed by atoms with Crippen molar-refractivity contribution in [3.05, 3.63) is 79.6 Å². The van der Waals surface area contributed by atoms with Crippen LogP contribution >= 0.6 is 7.60 Å². The Morgan fingerprint density at radius 2 is 1.73 bits per heavy atom. The predicted molar refractivity (Wildman–Crippen MR) is 99.8 cm³/mol. The number of halogens is 4. The average molecular weight is 446 g/mol. The van der Waals surface area contributed by atoms with Gasteiger partial charge >= 0.3 is 24.9 Å². The maximum Gasteiger partial charge on any atom is 0.416 e. The molecule has 7 nitrogen and oxygen atoms in total. The summed E-state index contributed by atoms with van der Waals surface area (Å²) < 4.78 is 66.2. The minimum atomic E-state index is -4.84. The Labute approximate surface area is 165 Å². The van der Waals surface area contributed by atoms with Gasteiger partial charge in [0.1, 0.15) is 12.1 Å². The third-order valence-corrected chi connectivity index (χ3v) is 5.27. The van der Waals surface area contributed by atoms with Gasteiger partial charge in [-0.3, -0.25) is 18.7 Å². The minimum absolute atomic E-state index is 0.278. The SMILES string of the molecule is CC(c1ccc(F)cc1)c1cc2c(cc1C(F)(F)F)[nH]c(=O)c(=O)n2CP(=O)(O)O. The third-order valence-electron chi connectivity index (χ3n) is 4.61. The smallest absolute Gasteiger partial charge is 0.323 e. The Hall–Kier alpha value is -2.75. The molecule has 0 aliphatic rings. The molecule has 0 radical (unpaired) electrons. The number of nitrogens with zero attached hydrogens (tertiary/aromatic N) is 1. The molecule has 0 aliphatic heterocycles. The monoisotopic (exact) mass is 446 g/mol. The summed E-state index contributed by atoms with van der Waals surface area (Å²) in [5.74, 6) is -1.49. The number of nitrogens with one attached hydrogen (secondary N) is 1. The van der Waals surface area contributed by atoms with E-state index in [0.717, 1.165) is 18.2 Å². The molecular weight excluding hydrogens is 431 g/mol. The zero-order valence-electron chi connectivity index (χ0n) is 15.3. The van der Waals surface area contributed by atoms with Gasteiger partial charge in [-0.05, 0) is 35.4 Å². The quantitative estimate of drug-likeness (QED) is 0.324. The fraction of sp³-hybridized carbons (Fsp3) is 0.222. The maximum atomic E-state index is 13.7.